The number of ether oxygens (including phenoxy) is 1. The van der Waals surface area contributed by atoms with Gasteiger partial charge in [0, 0.05) is 19.6 Å². The first-order chi connectivity index (χ1) is 6.70. The molecule has 2 saturated heterocycles. The maximum Gasteiger partial charge on any atom is 0.323 e. The Morgan fingerprint density at radius 1 is 1.71 bits per heavy atom. The van der Waals surface area contributed by atoms with E-state index in [4.69, 9.17) is 10.1 Å². The SMILES string of the molecule is CCCN1C(=O)NC(=N)C12CCOC2. The van der Waals surface area contributed by atoms with Gasteiger partial charge < -0.3 is 9.64 Å². The van der Waals surface area contributed by atoms with Crippen LogP contribution in [0.4, 0.5) is 4.79 Å². The average molecular weight is 197 g/mol. The van der Waals surface area contributed by atoms with Crippen molar-refractivity contribution in [3.8, 4) is 0 Å². The number of amides is 2. The summed E-state index contributed by atoms with van der Waals surface area (Å²) in [6.07, 6.45) is 1.65. The van der Waals surface area contributed by atoms with Crippen molar-refractivity contribution < 1.29 is 9.53 Å². The van der Waals surface area contributed by atoms with Crippen molar-refractivity contribution in [1.29, 1.82) is 5.41 Å². The van der Waals surface area contributed by atoms with Gasteiger partial charge in [-0.05, 0) is 6.42 Å². The average Bonchev–Trinajstić information content (AvgIpc) is 2.70. The largest absolute Gasteiger partial charge is 0.378 e. The second-order valence-corrected chi connectivity index (χ2v) is 3.79. The zero-order chi connectivity index (χ0) is 10.2. The number of nitrogens with one attached hydrogen (secondary N) is 2. The predicted molar refractivity (Wildman–Crippen MR) is 51.4 cm³/mol. The minimum atomic E-state index is -0.479. The molecule has 5 nitrogen and oxygen atoms in total. The molecule has 2 N–H and O–H groups in total. The third-order valence-corrected chi connectivity index (χ3v) is 2.91. The Labute approximate surface area is 82.9 Å². The molecule has 0 radical (unpaired) electrons. The standard InChI is InChI=1S/C9H15N3O2/c1-2-4-12-8(13)11-7(10)9(12)3-5-14-6-9/h2-6H2,1H3,(H2,10,11,13). The number of urea groups is 1. The fraction of sp³-hybridized carbons (Fsp3) is 0.778. The molecule has 14 heavy (non-hydrogen) atoms. The van der Waals surface area contributed by atoms with Crippen molar-refractivity contribution in [2.24, 2.45) is 0 Å². The van der Waals surface area contributed by atoms with Gasteiger partial charge in [0.05, 0.1) is 6.61 Å². The Hall–Kier alpha value is -1.10. The smallest absolute Gasteiger partial charge is 0.323 e. The normalized spacial score (nSPS) is 31.6. The molecule has 5 heteroatoms. The van der Waals surface area contributed by atoms with E-state index >= 15 is 0 Å². The summed E-state index contributed by atoms with van der Waals surface area (Å²) in [4.78, 5) is 13.3. The molecular formula is C9H15N3O2. The number of hydrogen-bond acceptors (Lipinski definition) is 3. The van der Waals surface area contributed by atoms with Crippen LogP contribution in [0.25, 0.3) is 0 Å². The van der Waals surface area contributed by atoms with E-state index in [2.05, 4.69) is 5.32 Å². The Morgan fingerprint density at radius 3 is 3.07 bits per heavy atom. The van der Waals surface area contributed by atoms with Gasteiger partial charge in [-0.15, -0.1) is 0 Å². The van der Waals surface area contributed by atoms with E-state index in [-0.39, 0.29) is 6.03 Å². The van der Waals surface area contributed by atoms with Gasteiger partial charge in [0.25, 0.3) is 0 Å². The van der Waals surface area contributed by atoms with E-state index in [1.165, 1.54) is 0 Å². The monoisotopic (exact) mass is 197 g/mol. The van der Waals surface area contributed by atoms with E-state index in [1.807, 2.05) is 6.92 Å². The quantitative estimate of drug-likeness (QED) is 0.679. The Morgan fingerprint density at radius 2 is 2.50 bits per heavy atom. The number of rotatable bonds is 2. The number of carbonyl (C=O) groups is 1. The maximum atomic E-state index is 11.6. The van der Waals surface area contributed by atoms with E-state index < -0.39 is 5.54 Å². The number of nitrogens with zero attached hydrogens (tertiary/aromatic N) is 1. The van der Waals surface area contributed by atoms with Crippen molar-refractivity contribution in [2.45, 2.75) is 25.3 Å². The molecule has 2 rings (SSSR count). The van der Waals surface area contributed by atoms with Crippen LogP contribution in [-0.4, -0.2) is 42.1 Å². The Kier molecular flexibility index (Phi) is 2.19. The molecule has 2 aliphatic rings. The van der Waals surface area contributed by atoms with Gasteiger partial charge in [-0.2, -0.15) is 0 Å². The fourth-order valence-electron chi connectivity index (χ4n) is 2.12. The van der Waals surface area contributed by atoms with Crippen LogP contribution in [0.3, 0.4) is 0 Å². The highest BCUT2D eigenvalue weighted by Crippen LogP contribution is 2.30. The number of carbonyl (C=O) groups excluding carboxylic acids is 1. The van der Waals surface area contributed by atoms with E-state index in [0.717, 1.165) is 12.8 Å². The highest BCUT2D eigenvalue weighted by molar-refractivity contribution is 6.08. The first-order valence-corrected chi connectivity index (χ1v) is 4.96. The van der Waals surface area contributed by atoms with Gasteiger partial charge in [0.2, 0.25) is 0 Å². The molecule has 78 valence electrons. The van der Waals surface area contributed by atoms with Crippen LogP contribution in [0.2, 0.25) is 0 Å². The molecule has 0 aromatic rings. The van der Waals surface area contributed by atoms with Crippen molar-refractivity contribution in [3.05, 3.63) is 0 Å². The maximum absolute atomic E-state index is 11.6. The van der Waals surface area contributed by atoms with E-state index in [1.54, 1.807) is 4.90 Å². The summed E-state index contributed by atoms with van der Waals surface area (Å²) in [6.45, 7) is 3.82. The van der Waals surface area contributed by atoms with Gasteiger partial charge in [0.1, 0.15) is 11.4 Å². The fourth-order valence-corrected chi connectivity index (χ4v) is 2.12. The Balaban J connectivity index is 2.26. The lowest BCUT2D eigenvalue weighted by atomic mass is 9.96. The highest BCUT2D eigenvalue weighted by atomic mass is 16.5. The van der Waals surface area contributed by atoms with Crippen LogP contribution in [-0.2, 0) is 4.74 Å². The molecule has 2 fully saturated rings. The zero-order valence-corrected chi connectivity index (χ0v) is 8.30. The second kappa shape index (κ2) is 3.24. The van der Waals surface area contributed by atoms with Crippen molar-refractivity contribution in [1.82, 2.24) is 10.2 Å². The third kappa shape index (κ3) is 1.12. The summed E-state index contributed by atoms with van der Waals surface area (Å²) in [5, 5.41) is 10.4. The summed E-state index contributed by atoms with van der Waals surface area (Å²) in [5.41, 5.74) is -0.479. The van der Waals surface area contributed by atoms with Crippen LogP contribution >= 0.6 is 0 Å². The molecular weight excluding hydrogens is 182 g/mol. The zero-order valence-electron chi connectivity index (χ0n) is 8.30. The van der Waals surface area contributed by atoms with Crippen LogP contribution in [0.5, 0.6) is 0 Å². The molecule has 1 atom stereocenters. The summed E-state index contributed by atoms with van der Waals surface area (Å²) < 4.78 is 5.30. The van der Waals surface area contributed by atoms with Gasteiger partial charge in [-0.25, -0.2) is 4.79 Å². The summed E-state index contributed by atoms with van der Waals surface area (Å²) in [7, 11) is 0. The lowest BCUT2D eigenvalue weighted by molar-refractivity contribution is 0.138. The van der Waals surface area contributed by atoms with E-state index in [9.17, 15) is 4.79 Å². The van der Waals surface area contributed by atoms with Crippen LogP contribution in [0, 0.1) is 5.41 Å². The number of amidine groups is 1. The predicted octanol–water partition coefficient (Wildman–Crippen LogP) is 0.558. The van der Waals surface area contributed by atoms with Gasteiger partial charge in [-0.3, -0.25) is 10.7 Å². The topological polar surface area (TPSA) is 65.4 Å². The van der Waals surface area contributed by atoms with Crippen molar-refractivity contribution >= 4 is 11.9 Å². The highest BCUT2D eigenvalue weighted by Gasteiger charge is 2.52. The minimum absolute atomic E-state index is 0.151. The van der Waals surface area contributed by atoms with E-state index in [0.29, 0.717) is 25.6 Å². The van der Waals surface area contributed by atoms with Crippen LogP contribution in [0.15, 0.2) is 0 Å². The molecule has 1 spiro atoms. The molecule has 2 amide bonds. The van der Waals surface area contributed by atoms with Crippen LogP contribution < -0.4 is 5.32 Å². The molecule has 2 aliphatic heterocycles. The van der Waals surface area contributed by atoms with Crippen molar-refractivity contribution in [3.63, 3.8) is 0 Å². The number of hydrogen-bond donors (Lipinski definition) is 2. The molecule has 0 bridgehead atoms. The second-order valence-electron chi connectivity index (χ2n) is 3.79. The van der Waals surface area contributed by atoms with Gasteiger partial charge in [0.15, 0.2) is 0 Å². The molecule has 0 aromatic heterocycles. The van der Waals surface area contributed by atoms with Crippen molar-refractivity contribution in [2.75, 3.05) is 19.8 Å². The molecule has 2 heterocycles. The third-order valence-electron chi connectivity index (χ3n) is 2.91. The summed E-state index contributed by atoms with van der Waals surface area (Å²) >= 11 is 0. The molecule has 1 unspecified atom stereocenters. The van der Waals surface area contributed by atoms with Crippen LogP contribution in [0.1, 0.15) is 19.8 Å². The molecule has 0 saturated carbocycles. The first kappa shape index (κ1) is 9.45. The lowest BCUT2D eigenvalue weighted by Crippen LogP contribution is -2.50. The summed E-state index contributed by atoms with van der Waals surface area (Å²) in [6, 6.07) is -0.151. The Bertz CT molecular complexity index is 271. The van der Waals surface area contributed by atoms with Gasteiger partial charge >= 0.3 is 6.03 Å². The molecule has 0 aliphatic carbocycles. The lowest BCUT2D eigenvalue weighted by Gasteiger charge is -2.30. The molecule has 0 aromatic carbocycles. The van der Waals surface area contributed by atoms with Gasteiger partial charge in [-0.1, -0.05) is 6.92 Å². The summed E-state index contributed by atoms with van der Waals surface area (Å²) in [5.74, 6) is 0.299. The minimum Gasteiger partial charge on any atom is -0.378 e. The first-order valence-electron chi connectivity index (χ1n) is 4.96.